The average Bonchev–Trinajstić information content (AvgIpc) is 2.56. The van der Waals surface area contributed by atoms with Gasteiger partial charge in [0.1, 0.15) is 0 Å². The molecule has 1 aromatic carbocycles. The lowest BCUT2D eigenvalue weighted by atomic mass is 9.78. The Balaban J connectivity index is 2.01. The number of aromatic nitrogens is 1. The van der Waals surface area contributed by atoms with Crippen LogP contribution in [-0.2, 0) is 12.8 Å². The number of fused-ring (bicyclic) bond motifs is 1. The Bertz CT molecular complexity index is 609. The molecule has 2 aromatic rings. The molecule has 3 N–H and O–H groups in total. The van der Waals surface area contributed by atoms with E-state index >= 15 is 0 Å². The molecule has 0 fully saturated rings. The lowest BCUT2D eigenvalue weighted by Gasteiger charge is -2.32. The summed E-state index contributed by atoms with van der Waals surface area (Å²) in [6.07, 6.45) is 6.39. The maximum atomic E-state index is 5.94. The third-order valence-electron chi connectivity index (χ3n) is 4.59. The Labute approximate surface area is 126 Å². The van der Waals surface area contributed by atoms with E-state index in [-0.39, 0.29) is 6.04 Å². The van der Waals surface area contributed by atoms with Gasteiger partial charge in [0.05, 0.1) is 6.04 Å². The van der Waals surface area contributed by atoms with Gasteiger partial charge < -0.3 is 0 Å². The summed E-state index contributed by atoms with van der Waals surface area (Å²) in [5.41, 5.74) is 8.34. The molecule has 1 heterocycles. The van der Waals surface area contributed by atoms with Gasteiger partial charge in [-0.15, -0.1) is 0 Å². The zero-order valence-electron chi connectivity index (χ0n) is 12.5. The molecule has 110 valence electrons. The van der Waals surface area contributed by atoms with E-state index in [4.69, 9.17) is 5.84 Å². The SMILES string of the molecule is CCc1ccccc1C(NN)C1CCCc2cccnc21. The minimum absolute atomic E-state index is 0.134. The molecular formula is C18H23N3. The van der Waals surface area contributed by atoms with Crippen LogP contribution in [0.25, 0.3) is 0 Å². The Hall–Kier alpha value is -1.71. The number of hydrazine groups is 1. The van der Waals surface area contributed by atoms with E-state index in [1.54, 1.807) is 0 Å². The van der Waals surface area contributed by atoms with Crippen LogP contribution < -0.4 is 11.3 Å². The van der Waals surface area contributed by atoms with Crippen LogP contribution in [0.15, 0.2) is 42.6 Å². The second-order valence-electron chi connectivity index (χ2n) is 5.74. The van der Waals surface area contributed by atoms with Crippen LogP contribution >= 0.6 is 0 Å². The first kappa shape index (κ1) is 14.2. The molecule has 1 aliphatic rings. The number of aryl methyl sites for hydroxylation is 2. The average molecular weight is 281 g/mol. The first-order valence-corrected chi connectivity index (χ1v) is 7.82. The molecule has 3 rings (SSSR count). The van der Waals surface area contributed by atoms with Crippen LogP contribution in [-0.4, -0.2) is 4.98 Å². The van der Waals surface area contributed by atoms with Crippen molar-refractivity contribution in [2.24, 2.45) is 5.84 Å². The van der Waals surface area contributed by atoms with Crippen molar-refractivity contribution in [3.05, 3.63) is 65.0 Å². The van der Waals surface area contributed by atoms with E-state index in [1.165, 1.54) is 28.8 Å². The second-order valence-corrected chi connectivity index (χ2v) is 5.74. The van der Waals surface area contributed by atoms with Crippen molar-refractivity contribution in [1.82, 2.24) is 10.4 Å². The van der Waals surface area contributed by atoms with E-state index in [0.29, 0.717) is 5.92 Å². The monoisotopic (exact) mass is 281 g/mol. The largest absolute Gasteiger partial charge is 0.271 e. The van der Waals surface area contributed by atoms with Gasteiger partial charge in [-0.1, -0.05) is 37.3 Å². The number of hydrogen-bond acceptors (Lipinski definition) is 3. The van der Waals surface area contributed by atoms with Crippen molar-refractivity contribution in [2.75, 3.05) is 0 Å². The van der Waals surface area contributed by atoms with Gasteiger partial charge in [-0.25, -0.2) is 0 Å². The Kier molecular flexibility index (Phi) is 4.32. The number of benzene rings is 1. The van der Waals surface area contributed by atoms with E-state index in [1.807, 2.05) is 12.3 Å². The van der Waals surface area contributed by atoms with Crippen molar-refractivity contribution in [2.45, 2.75) is 44.6 Å². The van der Waals surface area contributed by atoms with Crippen LogP contribution in [0.5, 0.6) is 0 Å². The van der Waals surface area contributed by atoms with Crippen molar-refractivity contribution < 1.29 is 0 Å². The van der Waals surface area contributed by atoms with Gasteiger partial charge in [0.15, 0.2) is 0 Å². The van der Waals surface area contributed by atoms with E-state index in [9.17, 15) is 0 Å². The fourth-order valence-corrected chi connectivity index (χ4v) is 3.55. The molecule has 2 unspecified atom stereocenters. The Morgan fingerprint density at radius 2 is 2.14 bits per heavy atom. The molecular weight excluding hydrogens is 258 g/mol. The van der Waals surface area contributed by atoms with Gasteiger partial charge in [-0.2, -0.15) is 0 Å². The van der Waals surface area contributed by atoms with E-state index in [2.05, 4.69) is 47.7 Å². The topological polar surface area (TPSA) is 50.9 Å². The molecule has 0 bridgehead atoms. The summed E-state index contributed by atoms with van der Waals surface area (Å²) < 4.78 is 0. The number of pyridine rings is 1. The van der Waals surface area contributed by atoms with Crippen LogP contribution in [0, 0.1) is 0 Å². The highest BCUT2D eigenvalue weighted by molar-refractivity contribution is 5.35. The molecule has 1 aliphatic carbocycles. The molecule has 3 heteroatoms. The highest BCUT2D eigenvalue weighted by atomic mass is 15.2. The summed E-state index contributed by atoms with van der Waals surface area (Å²) in [6.45, 7) is 2.19. The van der Waals surface area contributed by atoms with E-state index in [0.717, 1.165) is 19.3 Å². The number of nitrogens with one attached hydrogen (secondary N) is 1. The van der Waals surface area contributed by atoms with E-state index < -0.39 is 0 Å². The molecule has 1 aromatic heterocycles. The molecule has 3 nitrogen and oxygen atoms in total. The smallest absolute Gasteiger partial charge is 0.0546 e. The van der Waals surface area contributed by atoms with Crippen LogP contribution in [0.4, 0.5) is 0 Å². The second kappa shape index (κ2) is 6.37. The van der Waals surface area contributed by atoms with Gasteiger partial charge in [0.25, 0.3) is 0 Å². The van der Waals surface area contributed by atoms with Crippen molar-refractivity contribution >= 4 is 0 Å². The number of nitrogens with zero attached hydrogens (tertiary/aromatic N) is 1. The predicted octanol–water partition coefficient (Wildman–Crippen LogP) is 3.27. The summed E-state index contributed by atoms with van der Waals surface area (Å²) in [7, 11) is 0. The molecule has 0 saturated carbocycles. The fraction of sp³-hybridized carbons (Fsp3) is 0.389. The lowest BCUT2D eigenvalue weighted by Crippen LogP contribution is -2.35. The zero-order valence-corrected chi connectivity index (χ0v) is 12.5. The Morgan fingerprint density at radius 3 is 2.95 bits per heavy atom. The quantitative estimate of drug-likeness (QED) is 0.668. The van der Waals surface area contributed by atoms with Crippen molar-refractivity contribution in [1.29, 1.82) is 0 Å². The summed E-state index contributed by atoms with van der Waals surface area (Å²) in [5.74, 6) is 6.29. The van der Waals surface area contributed by atoms with Crippen LogP contribution in [0.3, 0.4) is 0 Å². The minimum Gasteiger partial charge on any atom is -0.271 e. The van der Waals surface area contributed by atoms with Crippen LogP contribution in [0.1, 0.15) is 54.1 Å². The maximum absolute atomic E-state index is 5.94. The number of rotatable bonds is 4. The number of nitrogens with two attached hydrogens (primary N) is 1. The standard InChI is InChI=1S/C18H23N3/c1-2-13-7-3-4-10-15(13)18(21-19)16-11-5-8-14-9-6-12-20-17(14)16/h3-4,6-7,9-10,12,16,18,21H,2,5,8,11,19H2,1H3. The van der Waals surface area contributed by atoms with Crippen molar-refractivity contribution in [3.8, 4) is 0 Å². The molecule has 0 spiro atoms. The van der Waals surface area contributed by atoms with Crippen molar-refractivity contribution in [3.63, 3.8) is 0 Å². The first-order chi connectivity index (χ1) is 10.3. The van der Waals surface area contributed by atoms with Gasteiger partial charge >= 0.3 is 0 Å². The molecule has 0 amide bonds. The minimum atomic E-state index is 0.134. The lowest BCUT2D eigenvalue weighted by molar-refractivity contribution is 0.398. The summed E-state index contributed by atoms with van der Waals surface area (Å²) in [4.78, 5) is 4.65. The van der Waals surface area contributed by atoms with Gasteiger partial charge in [-0.3, -0.25) is 16.3 Å². The summed E-state index contributed by atoms with van der Waals surface area (Å²) in [5, 5.41) is 0. The van der Waals surface area contributed by atoms with Crippen LogP contribution in [0.2, 0.25) is 0 Å². The molecule has 0 saturated heterocycles. The first-order valence-electron chi connectivity index (χ1n) is 7.82. The highest BCUT2D eigenvalue weighted by Gasteiger charge is 2.30. The molecule has 0 radical (unpaired) electrons. The number of hydrogen-bond donors (Lipinski definition) is 2. The predicted molar refractivity (Wildman–Crippen MR) is 85.8 cm³/mol. The van der Waals surface area contributed by atoms with Gasteiger partial charge in [0.2, 0.25) is 0 Å². The highest BCUT2D eigenvalue weighted by Crippen LogP contribution is 2.39. The van der Waals surface area contributed by atoms with Gasteiger partial charge in [0, 0.05) is 17.8 Å². The molecule has 21 heavy (non-hydrogen) atoms. The van der Waals surface area contributed by atoms with Gasteiger partial charge in [-0.05, 0) is 48.4 Å². The third kappa shape index (κ3) is 2.71. The normalized spacial score (nSPS) is 19.0. The molecule has 2 atom stereocenters. The molecule has 0 aliphatic heterocycles. The maximum Gasteiger partial charge on any atom is 0.0546 e. The fourth-order valence-electron chi connectivity index (χ4n) is 3.55. The summed E-state index contributed by atoms with van der Waals surface area (Å²) in [6, 6.07) is 13.0. The Morgan fingerprint density at radius 1 is 1.29 bits per heavy atom. The summed E-state index contributed by atoms with van der Waals surface area (Å²) >= 11 is 0. The third-order valence-corrected chi connectivity index (χ3v) is 4.59. The zero-order chi connectivity index (χ0) is 14.7.